The van der Waals surface area contributed by atoms with Crippen molar-refractivity contribution in [2.75, 3.05) is 6.61 Å². The van der Waals surface area contributed by atoms with Gasteiger partial charge in [-0.3, -0.25) is 4.79 Å². The van der Waals surface area contributed by atoms with Gasteiger partial charge in [-0.25, -0.2) is 0 Å². The number of benzene rings is 1. The minimum Gasteiger partial charge on any atom is -0.481 e. The second-order valence-electron chi connectivity index (χ2n) is 5.86. The lowest BCUT2D eigenvalue weighted by Crippen LogP contribution is -2.42. The quantitative estimate of drug-likeness (QED) is 0.860. The lowest BCUT2D eigenvalue weighted by Gasteiger charge is -2.39. The highest BCUT2D eigenvalue weighted by molar-refractivity contribution is 5.82. The van der Waals surface area contributed by atoms with Gasteiger partial charge in [-0.2, -0.15) is 0 Å². The zero-order valence-corrected chi connectivity index (χ0v) is 10.9. The molecule has 0 unspecified atom stereocenters. The molecule has 0 heterocycles. The van der Waals surface area contributed by atoms with Crippen LogP contribution in [0.1, 0.15) is 44.2 Å². The van der Waals surface area contributed by atoms with Crippen molar-refractivity contribution in [2.45, 2.75) is 43.9 Å². The van der Waals surface area contributed by atoms with E-state index in [2.05, 4.69) is 0 Å². The SMILES string of the molecule is CC(C)(CO)c1cccc(C2(C(=O)O)CCC2)c1. The summed E-state index contributed by atoms with van der Waals surface area (Å²) in [5, 5.41) is 18.8. The van der Waals surface area contributed by atoms with Crippen molar-refractivity contribution in [3.05, 3.63) is 35.4 Å². The fourth-order valence-electron chi connectivity index (χ4n) is 2.49. The van der Waals surface area contributed by atoms with E-state index in [1.807, 2.05) is 38.1 Å². The fraction of sp³-hybridized carbons (Fsp3) is 0.533. The average molecular weight is 248 g/mol. The number of rotatable bonds is 4. The van der Waals surface area contributed by atoms with E-state index in [1.54, 1.807) is 0 Å². The minimum absolute atomic E-state index is 0.0521. The summed E-state index contributed by atoms with van der Waals surface area (Å²) in [6.45, 7) is 3.97. The van der Waals surface area contributed by atoms with E-state index < -0.39 is 11.4 Å². The smallest absolute Gasteiger partial charge is 0.314 e. The zero-order chi connectivity index (χ0) is 13.4. The van der Waals surface area contributed by atoms with Gasteiger partial charge in [0.2, 0.25) is 0 Å². The Hall–Kier alpha value is -1.35. The summed E-state index contributed by atoms with van der Waals surface area (Å²) in [5.41, 5.74) is 0.844. The molecule has 1 aliphatic rings. The first kappa shape index (κ1) is 13.1. The summed E-state index contributed by atoms with van der Waals surface area (Å²) in [5.74, 6) is -0.729. The molecule has 0 saturated heterocycles. The maximum Gasteiger partial charge on any atom is 0.314 e. The molecule has 2 rings (SSSR count). The number of hydrogen-bond acceptors (Lipinski definition) is 2. The van der Waals surface area contributed by atoms with Crippen LogP contribution in [0.15, 0.2) is 24.3 Å². The van der Waals surface area contributed by atoms with Crippen LogP contribution in [0.2, 0.25) is 0 Å². The van der Waals surface area contributed by atoms with Crippen molar-refractivity contribution in [3.8, 4) is 0 Å². The van der Waals surface area contributed by atoms with Gasteiger partial charge in [-0.05, 0) is 24.0 Å². The number of carboxylic acid groups (broad SMARTS) is 1. The maximum atomic E-state index is 11.5. The molecular formula is C15H20O3. The molecule has 0 bridgehead atoms. The van der Waals surface area contributed by atoms with E-state index in [-0.39, 0.29) is 12.0 Å². The summed E-state index contributed by atoms with van der Waals surface area (Å²) in [4.78, 5) is 11.5. The van der Waals surface area contributed by atoms with Crippen LogP contribution in [0.3, 0.4) is 0 Å². The molecule has 0 amide bonds. The van der Waals surface area contributed by atoms with Gasteiger partial charge in [0, 0.05) is 5.41 Å². The third kappa shape index (κ3) is 1.93. The van der Waals surface area contributed by atoms with Crippen LogP contribution in [-0.2, 0) is 15.6 Å². The first-order valence-corrected chi connectivity index (χ1v) is 6.38. The Bertz CT molecular complexity index is 459. The molecule has 0 aromatic heterocycles. The molecule has 1 aromatic carbocycles. The van der Waals surface area contributed by atoms with Gasteiger partial charge in [0.25, 0.3) is 0 Å². The van der Waals surface area contributed by atoms with Crippen molar-refractivity contribution in [1.29, 1.82) is 0 Å². The first-order chi connectivity index (χ1) is 8.42. The van der Waals surface area contributed by atoms with Gasteiger partial charge in [0.05, 0.1) is 12.0 Å². The zero-order valence-electron chi connectivity index (χ0n) is 10.9. The van der Waals surface area contributed by atoms with E-state index in [9.17, 15) is 15.0 Å². The van der Waals surface area contributed by atoms with Crippen LogP contribution in [-0.4, -0.2) is 22.8 Å². The summed E-state index contributed by atoms with van der Waals surface area (Å²) in [6.07, 6.45) is 2.40. The summed E-state index contributed by atoms with van der Waals surface area (Å²) < 4.78 is 0. The van der Waals surface area contributed by atoms with Gasteiger partial charge in [-0.15, -0.1) is 0 Å². The van der Waals surface area contributed by atoms with E-state index in [0.29, 0.717) is 12.8 Å². The average Bonchev–Trinajstić information content (AvgIpc) is 2.27. The van der Waals surface area contributed by atoms with Crippen molar-refractivity contribution < 1.29 is 15.0 Å². The Balaban J connectivity index is 2.42. The molecule has 3 heteroatoms. The highest BCUT2D eigenvalue weighted by atomic mass is 16.4. The van der Waals surface area contributed by atoms with E-state index in [1.165, 1.54) is 0 Å². The highest BCUT2D eigenvalue weighted by Crippen LogP contribution is 2.44. The minimum atomic E-state index is -0.729. The molecule has 1 aromatic rings. The van der Waals surface area contributed by atoms with Gasteiger partial charge in [0.15, 0.2) is 0 Å². The first-order valence-electron chi connectivity index (χ1n) is 6.38. The molecule has 0 atom stereocenters. The standard InChI is InChI=1S/C15H20O3/c1-14(2,10-16)11-5-3-6-12(9-11)15(13(17)18)7-4-8-15/h3,5-6,9,16H,4,7-8,10H2,1-2H3,(H,17,18). The van der Waals surface area contributed by atoms with Crippen LogP contribution in [0.5, 0.6) is 0 Å². The number of carbonyl (C=O) groups is 1. The molecule has 0 spiro atoms. The lowest BCUT2D eigenvalue weighted by atomic mass is 9.64. The van der Waals surface area contributed by atoms with E-state index in [0.717, 1.165) is 17.5 Å². The predicted molar refractivity (Wildman–Crippen MR) is 69.7 cm³/mol. The molecule has 0 aliphatic heterocycles. The van der Waals surface area contributed by atoms with Crippen LogP contribution in [0, 0.1) is 0 Å². The largest absolute Gasteiger partial charge is 0.481 e. The molecule has 18 heavy (non-hydrogen) atoms. The molecular weight excluding hydrogens is 228 g/mol. The van der Waals surface area contributed by atoms with Gasteiger partial charge in [0.1, 0.15) is 0 Å². The fourth-order valence-corrected chi connectivity index (χ4v) is 2.49. The van der Waals surface area contributed by atoms with Crippen LogP contribution in [0.25, 0.3) is 0 Å². The summed E-state index contributed by atoms with van der Waals surface area (Å²) >= 11 is 0. The molecule has 1 fully saturated rings. The summed E-state index contributed by atoms with van der Waals surface area (Å²) in [6, 6.07) is 7.69. The van der Waals surface area contributed by atoms with Gasteiger partial charge in [-0.1, -0.05) is 44.5 Å². The Morgan fingerprint density at radius 3 is 2.50 bits per heavy atom. The molecule has 1 saturated carbocycles. The normalized spacial score (nSPS) is 18.2. The second kappa shape index (κ2) is 4.39. The monoisotopic (exact) mass is 248 g/mol. The van der Waals surface area contributed by atoms with Crippen molar-refractivity contribution >= 4 is 5.97 Å². The Kier molecular flexibility index (Phi) is 3.20. The number of carboxylic acids is 1. The van der Waals surface area contributed by atoms with Crippen molar-refractivity contribution in [1.82, 2.24) is 0 Å². The second-order valence-corrected chi connectivity index (χ2v) is 5.86. The van der Waals surface area contributed by atoms with E-state index in [4.69, 9.17) is 0 Å². The van der Waals surface area contributed by atoms with Crippen LogP contribution < -0.4 is 0 Å². The number of aliphatic hydroxyl groups excluding tert-OH is 1. The van der Waals surface area contributed by atoms with Gasteiger partial charge < -0.3 is 10.2 Å². The molecule has 3 nitrogen and oxygen atoms in total. The summed E-state index contributed by atoms with van der Waals surface area (Å²) in [7, 11) is 0. The van der Waals surface area contributed by atoms with Crippen molar-refractivity contribution in [2.24, 2.45) is 0 Å². The third-order valence-electron chi connectivity index (χ3n) is 4.21. The Labute approximate surface area is 107 Å². The molecule has 1 aliphatic carbocycles. The van der Waals surface area contributed by atoms with Crippen LogP contribution >= 0.6 is 0 Å². The highest BCUT2D eigenvalue weighted by Gasteiger charge is 2.46. The lowest BCUT2D eigenvalue weighted by molar-refractivity contribution is -0.147. The van der Waals surface area contributed by atoms with Crippen molar-refractivity contribution in [3.63, 3.8) is 0 Å². The molecule has 98 valence electrons. The Morgan fingerprint density at radius 1 is 1.39 bits per heavy atom. The van der Waals surface area contributed by atoms with Gasteiger partial charge >= 0.3 is 5.97 Å². The predicted octanol–water partition coefficient (Wildman–Crippen LogP) is 2.46. The maximum absolute atomic E-state index is 11.5. The van der Waals surface area contributed by atoms with Crippen LogP contribution in [0.4, 0.5) is 0 Å². The number of aliphatic hydroxyl groups is 1. The molecule has 0 radical (unpaired) electrons. The Morgan fingerprint density at radius 2 is 2.06 bits per heavy atom. The van der Waals surface area contributed by atoms with E-state index >= 15 is 0 Å². The topological polar surface area (TPSA) is 57.5 Å². The third-order valence-corrected chi connectivity index (χ3v) is 4.21. The number of aliphatic carboxylic acids is 1. The number of hydrogen-bond donors (Lipinski definition) is 2. The molecule has 2 N–H and O–H groups in total.